The van der Waals surface area contributed by atoms with E-state index in [1.54, 1.807) is 24.3 Å². The molecule has 0 spiro atoms. The minimum absolute atomic E-state index is 0.0757. The third-order valence-electron chi connectivity index (χ3n) is 2.55. The first-order valence-corrected chi connectivity index (χ1v) is 7.02. The van der Waals surface area contributed by atoms with E-state index in [0.717, 1.165) is 0 Å². The van der Waals surface area contributed by atoms with Crippen LogP contribution in [0.4, 0.5) is 11.6 Å². The Morgan fingerprint density at radius 3 is 2.27 bits per heavy atom. The number of hydrogen-bond acceptors (Lipinski definition) is 5. The summed E-state index contributed by atoms with van der Waals surface area (Å²) >= 11 is 0. The lowest BCUT2D eigenvalue weighted by Crippen LogP contribution is -2.27. The van der Waals surface area contributed by atoms with Gasteiger partial charge in [0, 0.05) is 5.54 Å². The Morgan fingerprint density at radius 2 is 1.68 bits per heavy atom. The van der Waals surface area contributed by atoms with Crippen LogP contribution in [0.1, 0.15) is 20.8 Å². The van der Waals surface area contributed by atoms with Gasteiger partial charge in [0.25, 0.3) is 5.91 Å². The fraction of sp³-hybridized carbons (Fsp3) is 0.312. The quantitative estimate of drug-likeness (QED) is 0.888. The summed E-state index contributed by atoms with van der Waals surface area (Å²) in [5, 5.41) is 13.8. The Balaban J connectivity index is 1.84. The third kappa shape index (κ3) is 5.40. The average Bonchev–Trinajstić information content (AvgIpc) is 2.47. The van der Waals surface area contributed by atoms with Crippen LogP contribution in [0.5, 0.6) is 5.75 Å². The second kappa shape index (κ2) is 6.89. The monoisotopic (exact) mass is 300 g/mol. The van der Waals surface area contributed by atoms with Crippen molar-refractivity contribution in [2.75, 3.05) is 17.2 Å². The summed E-state index contributed by atoms with van der Waals surface area (Å²) in [4.78, 5) is 11.8. The Morgan fingerprint density at radius 1 is 1.05 bits per heavy atom. The van der Waals surface area contributed by atoms with Gasteiger partial charge in [-0.15, -0.1) is 10.2 Å². The molecule has 0 atom stereocenters. The van der Waals surface area contributed by atoms with Crippen molar-refractivity contribution < 1.29 is 9.53 Å². The summed E-state index contributed by atoms with van der Waals surface area (Å²) in [6.45, 7) is 6.02. The molecule has 1 heterocycles. The van der Waals surface area contributed by atoms with Crippen LogP contribution in [-0.2, 0) is 4.79 Å². The molecule has 0 saturated carbocycles. The molecule has 0 bridgehead atoms. The molecule has 0 aliphatic rings. The molecule has 116 valence electrons. The highest BCUT2D eigenvalue weighted by molar-refractivity contribution is 5.90. The molecule has 6 heteroatoms. The zero-order valence-electron chi connectivity index (χ0n) is 13.0. The van der Waals surface area contributed by atoms with Crippen molar-refractivity contribution in [1.82, 2.24) is 10.2 Å². The number of benzene rings is 1. The molecule has 22 heavy (non-hydrogen) atoms. The Hall–Kier alpha value is -2.63. The minimum atomic E-state index is -0.283. The van der Waals surface area contributed by atoms with E-state index in [1.165, 1.54) is 0 Å². The number of carbonyl (C=O) groups is 1. The summed E-state index contributed by atoms with van der Waals surface area (Å²) < 4.78 is 5.36. The topological polar surface area (TPSA) is 76.1 Å². The van der Waals surface area contributed by atoms with E-state index in [9.17, 15) is 4.79 Å². The van der Waals surface area contributed by atoms with Gasteiger partial charge in [-0.1, -0.05) is 18.2 Å². The molecule has 0 aliphatic heterocycles. The van der Waals surface area contributed by atoms with Crippen LogP contribution in [-0.4, -0.2) is 28.3 Å². The molecule has 0 unspecified atom stereocenters. The van der Waals surface area contributed by atoms with Crippen LogP contribution in [0.15, 0.2) is 42.5 Å². The van der Waals surface area contributed by atoms with Gasteiger partial charge in [0.1, 0.15) is 11.6 Å². The van der Waals surface area contributed by atoms with Crippen LogP contribution < -0.4 is 15.4 Å². The van der Waals surface area contributed by atoms with Crippen molar-refractivity contribution in [3.8, 4) is 5.75 Å². The van der Waals surface area contributed by atoms with Crippen LogP contribution in [0, 0.1) is 0 Å². The standard InChI is InChI=1S/C16H20N4O2/c1-16(2,3)18-14-10-9-13(19-20-14)17-15(21)11-22-12-7-5-4-6-8-12/h4-10H,11H2,1-3H3,(H,18,20)(H,17,19,21). The zero-order chi connectivity index (χ0) is 16.0. The molecule has 1 amide bonds. The average molecular weight is 300 g/mol. The third-order valence-corrected chi connectivity index (χ3v) is 2.55. The largest absolute Gasteiger partial charge is 0.484 e. The molecule has 0 saturated heterocycles. The number of carbonyl (C=O) groups excluding carboxylic acids is 1. The van der Waals surface area contributed by atoms with Crippen molar-refractivity contribution in [1.29, 1.82) is 0 Å². The number of nitrogens with zero attached hydrogens (tertiary/aromatic N) is 2. The first-order valence-electron chi connectivity index (χ1n) is 7.02. The normalized spacial score (nSPS) is 10.9. The molecular formula is C16H20N4O2. The second-order valence-corrected chi connectivity index (χ2v) is 5.83. The summed E-state index contributed by atoms with van der Waals surface area (Å²) in [7, 11) is 0. The summed E-state index contributed by atoms with van der Waals surface area (Å²) in [5.74, 6) is 1.41. The van der Waals surface area contributed by atoms with Crippen LogP contribution >= 0.6 is 0 Å². The zero-order valence-corrected chi connectivity index (χ0v) is 13.0. The SMILES string of the molecule is CC(C)(C)Nc1ccc(NC(=O)COc2ccccc2)nn1. The Labute approximate surface area is 129 Å². The number of nitrogens with one attached hydrogen (secondary N) is 2. The van der Waals surface area contributed by atoms with E-state index in [1.807, 2.05) is 39.0 Å². The van der Waals surface area contributed by atoms with E-state index in [0.29, 0.717) is 17.4 Å². The highest BCUT2D eigenvalue weighted by Gasteiger charge is 2.11. The van der Waals surface area contributed by atoms with Gasteiger partial charge in [-0.3, -0.25) is 4.79 Å². The van der Waals surface area contributed by atoms with Gasteiger partial charge in [-0.05, 0) is 45.0 Å². The lowest BCUT2D eigenvalue weighted by molar-refractivity contribution is -0.118. The van der Waals surface area contributed by atoms with Gasteiger partial charge in [0.05, 0.1) is 0 Å². The molecule has 6 nitrogen and oxygen atoms in total. The van der Waals surface area contributed by atoms with Crippen molar-refractivity contribution in [2.45, 2.75) is 26.3 Å². The highest BCUT2D eigenvalue weighted by atomic mass is 16.5. The van der Waals surface area contributed by atoms with E-state index in [-0.39, 0.29) is 18.1 Å². The summed E-state index contributed by atoms with van der Waals surface area (Å²) in [6, 6.07) is 12.6. The van der Waals surface area contributed by atoms with Crippen molar-refractivity contribution >= 4 is 17.5 Å². The van der Waals surface area contributed by atoms with E-state index < -0.39 is 0 Å². The van der Waals surface area contributed by atoms with E-state index >= 15 is 0 Å². The summed E-state index contributed by atoms with van der Waals surface area (Å²) in [6.07, 6.45) is 0. The molecule has 0 aliphatic carbocycles. The van der Waals surface area contributed by atoms with Gasteiger partial charge in [0.15, 0.2) is 12.4 Å². The van der Waals surface area contributed by atoms with Gasteiger partial charge in [-0.25, -0.2) is 0 Å². The smallest absolute Gasteiger partial charge is 0.263 e. The Kier molecular flexibility index (Phi) is 4.93. The maximum atomic E-state index is 11.8. The minimum Gasteiger partial charge on any atom is -0.484 e. The van der Waals surface area contributed by atoms with Crippen molar-refractivity contribution in [2.24, 2.45) is 0 Å². The Bertz CT molecular complexity index is 606. The molecule has 0 fully saturated rings. The molecule has 1 aromatic carbocycles. The van der Waals surface area contributed by atoms with Gasteiger partial charge >= 0.3 is 0 Å². The second-order valence-electron chi connectivity index (χ2n) is 5.83. The molecule has 2 rings (SSSR count). The number of hydrogen-bond donors (Lipinski definition) is 2. The number of ether oxygens (including phenoxy) is 1. The first-order chi connectivity index (χ1) is 10.4. The molecular weight excluding hydrogens is 280 g/mol. The number of anilines is 2. The van der Waals surface area contributed by atoms with Crippen molar-refractivity contribution in [3.05, 3.63) is 42.5 Å². The van der Waals surface area contributed by atoms with Gasteiger partial charge in [-0.2, -0.15) is 0 Å². The number of amides is 1. The van der Waals surface area contributed by atoms with Crippen LogP contribution in [0.25, 0.3) is 0 Å². The van der Waals surface area contributed by atoms with Crippen LogP contribution in [0.2, 0.25) is 0 Å². The summed E-state index contributed by atoms with van der Waals surface area (Å²) in [5.41, 5.74) is -0.0943. The number of para-hydroxylation sites is 1. The predicted molar refractivity (Wildman–Crippen MR) is 86.0 cm³/mol. The van der Waals surface area contributed by atoms with Crippen LogP contribution in [0.3, 0.4) is 0 Å². The maximum absolute atomic E-state index is 11.8. The maximum Gasteiger partial charge on any atom is 0.263 e. The molecule has 1 aromatic heterocycles. The van der Waals surface area contributed by atoms with E-state index in [2.05, 4.69) is 20.8 Å². The molecule has 2 aromatic rings. The number of aromatic nitrogens is 2. The van der Waals surface area contributed by atoms with Gasteiger partial charge < -0.3 is 15.4 Å². The lowest BCUT2D eigenvalue weighted by Gasteiger charge is -2.20. The van der Waals surface area contributed by atoms with Crippen molar-refractivity contribution in [3.63, 3.8) is 0 Å². The van der Waals surface area contributed by atoms with Gasteiger partial charge in [0.2, 0.25) is 0 Å². The van der Waals surface area contributed by atoms with E-state index in [4.69, 9.17) is 4.74 Å². The molecule has 0 radical (unpaired) electrons. The highest BCUT2D eigenvalue weighted by Crippen LogP contribution is 2.12. The lowest BCUT2D eigenvalue weighted by atomic mass is 10.1. The number of rotatable bonds is 5. The fourth-order valence-electron chi connectivity index (χ4n) is 1.69. The first kappa shape index (κ1) is 15.8. The fourth-order valence-corrected chi connectivity index (χ4v) is 1.69. The predicted octanol–water partition coefficient (Wildman–Crippen LogP) is 2.70. The molecule has 2 N–H and O–H groups in total.